The number of carbonyl (C=O) groups is 9. The van der Waals surface area contributed by atoms with E-state index in [1.54, 1.807) is 140 Å². The predicted molar refractivity (Wildman–Crippen MR) is 436 cm³/mol. The van der Waals surface area contributed by atoms with Crippen LogP contribution in [0.4, 0.5) is 32.8 Å². The molecule has 0 unspecified atom stereocenters. The van der Waals surface area contributed by atoms with Gasteiger partial charge in [-0.1, -0.05) is 170 Å². The summed E-state index contributed by atoms with van der Waals surface area (Å²) >= 11 is 0. The predicted octanol–water partition coefficient (Wildman–Crippen LogP) is 18.5. The van der Waals surface area contributed by atoms with Gasteiger partial charge in [0.2, 0.25) is 52.2 Å². The van der Waals surface area contributed by atoms with Crippen molar-refractivity contribution in [3.63, 3.8) is 0 Å². The molecule has 0 spiro atoms. The molecule has 0 radical (unpaired) electrons. The molecule has 3 fully saturated rings. The number of likely N-dealkylation sites (N-methyl/N-ethyl adjacent to an activating group) is 1. The fourth-order valence-corrected chi connectivity index (χ4v) is 13.8. The molecule has 0 aromatic heterocycles. The molecule has 1 amide bonds. The lowest BCUT2D eigenvalue weighted by atomic mass is 9.89. The van der Waals surface area contributed by atoms with Gasteiger partial charge in [-0.3, -0.25) is 43.2 Å². The molecular weight excluding hydrogens is 1370 g/mol. The van der Waals surface area contributed by atoms with E-state index in [1.807, 2.05) is 79.4 Å². The SMILES string of the molecule is C.C.C.C.C.CC(=O)Nc1ccc(NC2=C(N(C)C)C(=O)c3ccccc3C2=O)cc1.Cc1ccc(NC2=C(N3CCCCC3)C(=O)c3ccccc3C2=O)cc1.Cc1ccc(NC2=C(N3CCCCC3)C(=O)c3ccccc3C2=O)cc1.O=C1C(Nc2ccc(F)cc2)=C(N2CCCCC2)C(=O)c2ccccc21. The first-order valence-corrected chi connectivity index (χ1v) is 35.3. The Morgan fingerprint density at radius 1 is 0.312 bits per heavy atom. The molecule has 109 heavy (non-hydrogen) atoms. The number of aryl methyl sites for hydroxylation is 2. The third kappa shape index (κ3) is 18.8. The van der Waals surface area contributed by atoms with Crippen molar-refractivity contribution < 1.29 is 47.5 Å². The number of allylic oxidation sites excluding steroid dienone is 8. The minimum Gasteiger partial charge on any atom is -0.373 e. The Bertz CT molecular complexity index is 4470. The summed E-state index contributed by atoms with van der Waals surface area (Å²) in [5, 5.41) is 15.3. The lowest BCUT2D eigenvalue weighted by Gasteiger charge is -2.34. The van der Waals surface area contributed by atoms with Crippen molar-refractivity contribution in [2.24, 2.45) is 0 Å². The number of nitrogens with one attached hydrogen (secondary N) is 5. The van der Waals surface area contributed by atoms with Gasteiger partial charge in [-0.2, -0.15) is 0 Å². The van der Waals surface area contributed by atoms with Crippen molar-refractivity contribution in [1.29, 1.82) is 0 Å². The van der Waals surface area contributed by atoms with Gasteiger partial charge in [0.1, 0.15) is 51.4 Å². The Labute approximate surface area is 641 Å². The van der Waals surface area contributed by atoms with E-state index in [0.29, 0.717) is 95.8 Å². The van der Waals surface area contributed by atoms with E-state index >= 15 is 0 Å². The number of rotatable bonds is 13. The monoisotopic (exact) mass is 1470 g/mol. The number of anilines is 5. The number of Topliss-reactive ketones (excluding diaryl/α,β-unsaturated/α-hetero) is 8. The Morgan fingerprint density at radius 3 is 0.817 bits per heavy atom. The van der Waals surface area contributed by atoms with E-state index in [4.69, 9.17) is 0 Å². The van der Waals surface area contributed by atoms with Gasteiger partial charge in [0.25, 0.3) is 0 Å². The second-order valence-corrected chi connectivity index (χ2v) is 26.7. The number of benzene rings is 8. The molecule has 0 atom stereocenters. The quantitative estimate of drug-likeness (QED) is 0.0723. The molecule has 4 aliphatic carbocycles. The number of carbonyl (C=O) groups excluding carboxylic acids is 9. The van der Waals surface area contributed by atoms with Crippen molar-refractivity contribution in [3.8, 4) is 0 Å². The summed E-state index contributed by atoms with van der Waals surface area (Å²) in [4.78, 5) is 124. The minimum atomic E-state index is -0.350. The number of fused-ring (bicyclic) bond motifs is 4. The summed E-state index contributed by atoms with van der Waals surface area (Å²) in [6, 6.07) is 56.4. The van der Waals surface area contributed by atoms with Gasteiger partial charge in [-0.25, -0.2) is 4.39 Å². The minimum absolute atomic E-state index is 0. The molecule has 3 heterocycles. The topological polar surface area (TPSA) is 227 Å². The second kappa shape index (κ2) is 37.9. The highest BCUT2D eigenvalue weighted by atomic mass is 19.1. The van der Waals surface area contributed by atoms with E-state index in [-0.39, 0.29) is 107 Å². The van der Waals surface area contributed by atoms with Gasteiger partial charge in [0.15, 0.2) is 0 Å². The molecular formula is C90H102FN9O9. The first-order valence-electron chi connectivity index (χ1n) is 35.3. The van der Waals surface area contributed by atoms with E-state index < -0.39 is 0 Å². The van der Waals surface area contributed by atoms with Gasteiger partial charge < -0.3 is 46.2 Å². The fourth-order valence-electron chi connectivity index (χ4n) is 13.8. The van der Waals surface area contributed by atoms with E-state index in [2.05, 4.69) is 36.4 Å². The van der Waals surface area contributed by atoms with Crippen molar-refractivity contribution in [1.82, 2.24) is 19.6 Å². The summed E-state index contributed by atoms with van der Waals surface area (Å²) in [5.41, 5.74) is 12.6. The lowest BCUT2D eigenvalue weighted by molar-refractivity contribution is -0.114. The van der Waals surface area contributed by atoms with Crippen LogP contribution in [-0.4, -0.2) is 125 Å². The van der Waals surface area contributed by atoms with E-state index in [0.717, 1.165) is 107 Å². The fraction of sp³-hybridized carbons (Fsp3) is 0.278. The van der Waals surface area contributed by atoms with Crippen LogP contribution in [0, 0.1) is 19.7 Å². The Hall–Kier alpha value is -12.1. The van der Waals surface area contributed by atoms with Crippen LogP contribution in [0.5, 0.6) is 0 Å². The number of hydrogen-bond donors (Lipinski definition) is 5. The van der Waals surface area contributed by atoms with Gasteiger partial charge >= 0.3 is 0 Å². The molecule has 0 saturated carbocycles. The molecule has 5 N–H and O–H groups in total. The molecule has 568 valence electrons. The Kier molecular flexibility index (Phi) is 29.3. The summed E-state index contributed by atoms with van der Waals surface area (Å²) in [7, 11) is 3.46. The number of halogens is 1. The molecule has 0 bridgehead atoms. The molecule has 3 aliphatic heterocycles. The van der Waals surface area contributed by atoms with Crippen LogP contribution < -0.4 is 26.6 Å². The molecule has 18 nitrogen and oxygen atoms in total. The van der Waals surface area contributed by atoms with Gasteiger partial charge in [-0.15, -0.1) is 0 Å². The van der Waals surface area contributed by atoms with Crippen LogP contribution in [0.3, 0.4) is 0 Å². The van der Waals surface area contributed by atoms with Crippen LogP contribution in [0.1, 0.15) is 196 Å². The van der Waals surface area contributed by atoms with Crippen LogP contribution in [-0.2, 0) is 4.79 Å². The third-order valence-electron chi connectivity index (χ3n) is 19.1. The number of ketones is 8. The molecule has 3 saturated heterocycles. The molecule has 15 rings (SSSR count). The summed E-state index contributed by atoms with van der Waals surface area (Å²) in [5.74, 6) is -1.60. The maximum absolute atomic E-state index is 13.2. The van der Waals surface area contributed by atoms with Gasteiger partial charge in [0.05, 0.1) is 0 Å². The van der Waals surface area contributed by atoms with Crippen LogP contribution in [0.25, 0.3) is 0 Å². The van der Waals surface area contributed by atoms with Crippen molar-refractivity contribution in [2.45, 2.75) is 116 Å². The van der Waals surface area contributed by atoms with E-state index in [1.165, 1.54) is 31.9 Å². The van der Waals surface area contributed by atoms with Crippen LogP contribution in [0.2, 0.25) is 0 Å². The molecule has 7 aliphatic rings. The largest absolute Gasteiger partial charge is 0.373 e. The Morgan fingerprint density at radius 2 is 0.541 bits per heavy atom. The van der Waals surface area contributed by atoms with Crippen LogP contribution >= 0.6 is 0 Å². The third-order valence-corrected chi connectivity index (χ3v) is 19.1. The van der Waals surface area contributed by atoms with Crippen LogP contribution in [0.15, 0.2) is 240 Å². The maximum Gasteiger partial charge on any atom is 0.221 e. The molecule has 8 aromatic carbocycles. The maximum atomic E-state index is 13.2. The zero-order valence-corrected chi connectivity index (χ0v) is 58.9. The summed E-state index contributed by atoms with van der Waals surface area (Å²) in [6.45, 7) is 10.2. The normalized spacial score (nSPS) is 15.6. The van der Waals surface area contributed by atoms with Crippen molar-refractivity contribution >= 4 is 80.6 Å². The highest BCUT2D eigenvalue weighted by molar-refractivity contribution is 6.30. The summed E-state index contributed by atoms with van der Waals surface area (Å²) in [6.07, 6.45) is 9.65. The second-order valence-electron chi connectivity index (χ2n) is 26.7. The molecule has 8 aromatic rings. The lowest BCUT2D eigenvalue weighted by Crippen LogP contribution is -2.39. The first-order chi connectivity index (χ1) is 50.3. The number of nitrogens with zero attached hydrogens (tertiary/aromatic N) is 4. The average molecular weight is 1470 g/mol. The van der Waals surface area contributed by atoms with Gasteiger partial charge in [-0.05, 0) is 144 Å². The number of amides is 1. The zero-order chi connectivity index (χ0) is 73.1. The standard InChI is InChI=1S/2C22H22N2O2.C21H19FN2O2.C20H19N3O3.5CH4/c2*1-15-9-11-16(12-10-15)23-19-20(24-13-5-2-6-14-24)22(26)18-8-4-3-7-17(18)21(19)25;22-14-8-10-15(11-9-14)23-18-19(24-12-4-1-5-13-24)21(26)17-7-3-2-6-16(17)20(18)25;1-12(24)21-13-8-10-14(11-9-13)22-17-18(23(2)3)20(26)16-7-5-4-6-15(16)19(17)25;;;;;/h2*3-4,7-12,23H,2,5-6,13-14H2,1H3;2-3,6-11,23H,1,4-5,12-13H2;4-11,22H,1-3H3,(H,21,24);5*1H4. The number of hydrogen-bond acceptors (Lipinski definition) is 17. The first kappa shape index (κ1) is 84.1. The highest BCUT2D eigenvalue weighted by Gasteiger charge is 2.40. The number of likely N-dealkylation sites (tertiary alicyclic amines) is 3. The zero-order valence-electron chi connectivity index (χ0n) is 58.9. The Balaban J connectivity index is 0.000000199. The van der Waals surface area contributed by atoms with Gasteiger partial charge in [0, 0.05) is 133 Å². The highest BCUT2D eigenvalue weighted by Crippen LogP contribution is 2.36. The summed E-state index contributed by atoms with van der Waals surface area (Å²) < 4.78 is 13.2. The smallest absolute Gasteiger partial charge is 0.221 e. The van der Waals surface area contributed by atoms with Crippen molar-refractivity contribution in [3.05, 3.63) is 301 Å². The number of piperidine rings is 3. The van der Waals surface area contributed by atoms with Crippen molar-refractivity contribution in [2.75, 3.05) is 79.9 Å². The molecule has 19 heteroatoms. The average Bonchev–Trinajstić information content (AvgIpc) is 0.779. The van der Waals surface area contributed by atoms with E-state index in [9.17, 15) is 47.5 Å².